The molecule has 1 unspecified atom stereocenters. The lowest BCUT2D eigenvalue weighted by atomic mass is 10.1. The number of anilines is 2. The molecule has 0 bridgehead atoms. The van der Waals surface area contributed by atoms with E-state index < -0.39 is 0 Å². The van der Waals surface area contributed by atoms with Crippen LogP contribution in [0.1, 0.15) is 6.92 Å². The normalized spacial score (nSPS) is 19.6. The molecule has 17 heavy (non-hydrogen) atoms. The molecule has 0 radical (unpaired) electrons. The van der Waals surface area contributed by atoms with Gasteiger partial charge >= 0.3 is 0 Å². The quantitative estimate of drug-likeness (QED) is 0.740. The zero-order valence-corrected chi connectivity index (χ0v) is 11.0. The topological polar surface area (TPSA) is 55.6 Å². The van der Waals surface area contributed by atoms with Crippen molar-refractivity contribution in [2.24, 2.45) is 5.92 Å². The number of nitrogens with zero attached hydrogens (tertiary/aromatic N) is 1. The van der Waals surface area contributed by atoms with Crippen molar-refractivity contribution in [3.63, 3.8) is 0 Å². The first-order valence-corrected chi connectivity index (χ1v) is 5.87. The SMILES string of the molecule is CC1COc2cc(Cl)c(N)c(Cl)c2N(C)C1=O. The third-order valence-corrected chi connectivity index (χ3v) is 3.46. The van der Waals surface area contributed by atoms with E-state index in [9.17, 15) is 4.79 Å². The number of halogens is 2. The molecule has 92 valence electrons. The van der Waals surface area contributed by atoms with E-state index in [-0.39, 0.29) is 22.5 Å². The molecule has 1 heterocycles. The standard InChI is InChI=1S/C11H12Cl2N2O2/c1-5-4-17-7-3-6(12)9(14)8(13)10(7)15(2)11(5)16/h3,5H,4,14H2,1-2H3. The molecule has 0 saturated carbocycles. The van der Waals surface area contributed by atoms with Gasteiger partial charge in [-0.25, -0.2) is 0 Å². The highest BCUT2D eigenvalue weighted by Gasteiger charge is 2.29. The van der Waals surface area contributed by atoms with Crippen LogP contribution in [0.4, 0.5) is 11.4 Å². The van der Waals surface area contributed by atoms with Gasteiger partial charge in [-0.15, -0.1) is 0 Å². The van der Waals surface area contributed by atoms with E-state index in [1.807, 2.05) is 0 Å². The highest BCUT2D eigenvalue weighted by Crippen LogP contribution is 2.44. The number of carbonyl (C=O) groups is 1. The Kier molecular flexibility index (Phi) is 3.10. The Morgan fingerprint density at radius 2 is 2.18 bits per heavy atom. The van der Waals surface area contributed by atoms with Crippen molar-refractivity contribution in [1.29, 1.82) is 0 Å². The van der Waals surface area contributed by atoms with Crippen molar-refractivity contribution in [3.05, 3.63) is 16.1 Å². The van der Waals surface area contributed by atoms with Gasteiger partial charge in [-0.2, -0.15) is 0 Å². The second-order valence-electron chi connectivity index (χ2n) is 4.04. The number of rotatable bonds is 0. The lowest BCUT2D eigenvalue weighted by Gasteiger charge is -2.20. The predicted octanol–water partition coefficient (Wildman–Crippen LogP) is 2.57. The Labute approximate surface area is 109 Å². The average molecular weight is 275 g/mol. The minimum absolute atomic E-state index is 0.0626. The van der Waals surface area contributed by atoms with Gasteiger partial charge in [-0.05, 0) is 0 Å². The minimum Gasteiger partial charge on any atom is -0.490 e. The number of hydrogen-bond acceptors (Lipinski definition) is 3. The summed E-state index contributed by atoms with van der Waals surface area (Å²) in [5, 5.41) is 0.571. The van der Waals surface area contributed by atoms with Gasteiger partial charge in [0.25, 0.3) is 0 Å². The average Bonchev–Trinajstić information content (AvgIpc) is 2.39. The predicted molar refractivity (Wildman–Crippen MR) is 68.9 cm³/mol. The molecular weight excluding hydrogens is 263 g/mol. The first kappa shape index (κ1) is 12.3. The summed E-state index contributed by atoms with van der Waals surface area (Å²) in [5.41, 5.74) is 6.47. The third kappa shape index (κ3) is 1.91. The molecule has 1 aliphatic heterocycles. The van der Waals surface area contributed by atoms with Crippen LogP contribution in [-0.2, 0) is 4.79 Å². The largest absolute Gasteiger partial charge is 0.490 e. The van der Waals surface area contributed by atoms with Gasteiger partial charge in [0.1, 0.15) is 11.4 Å². The third-order valence-electron chi connectivity index (χ3n) is 2.77. The lowest BCUT2D eigenvalue weighted by Crippen LogP contribution is -2.31. The van der Waals surface area contributed by atoms with Crippen LogP contribution in [0.25, 0.3) is 0 Å². The van der Waals surface area contributed by atoms with Crippen LogP contribution < -0.4 is 15.4 Å². The molecule has 0 aliphatic carbocycles. The van der Waals surface area contributed by atoms with Gasteiger partial charge in [-0.1, -0.05) is 30.1 Å². The number of nitrogens with two attached hydrogens (primary N) is 1. The maximum atomic E-state index is 12.0. The van der Waals surface area contributed by atoms with Gasteiger partial charge in [0, 0.05) is 13.1 Å². The summed E-state index contributed by atoms with van der Waals surface area (Å²) >= 11 is 12.0. The molecule has 2 N–H and O–H groups in total. The van der Waals surface area contributed by atoms with Gasteiger partial charge in [0.2, 0.25) is 5.91 Å². The van der Waals surface area contributed by atoms with E-state index in [4.69, 9.17) is 33.7 Å². The van der Waals surface area contributed by atoms with Gasteiger partial charge in [-0.3, -0.25) is 4.79 Å². The molecule has 4 nitrogen and oxygen atoms in total. The Morgan fingerprint density at radius 1 is 1.53 bits per heavy atom. The highest BCUT2D eigenvalue weighted by molar-refractivity contribution is 6.41. The Bertz CT molecular complexity index is 491. The molecule has 1 amide bonds. The fourth-order valence-electron chi connectivity index (χ4n) is 1.75. The zero-order chi connectivity index (χ0) is 12.7. The van der Waals surface area contributed by atoms with Crippen molar-refractivity contribution >= 4 is 40.5 Å². The minimum atomic E-state index is -0.233. The molecule has 6 heteroatoms. The van der Waals surface area contributed by atoms with Crippen molar-refractivity contribution in [2.45, 2.75) is 6.92 Å². The summed E-state index contributed by atoms with van der Waals surface area (Å²) in [6.45, 7) is 2.09. The molecule has 1 atom stereocenters. The number of carbonyl (C=O) groups excluding carboxylic acids is 1. The molecular formula is C11H12Cl2N2O2. The van der Waals surface area contributed by atoms with Crippen LogP contribution in [0.15, 0.2) is 6.07 Å². The van der Waals surface area contributed by atoms with Gasteiger partial charge < -0.3 is 15.4 Å². The van der Waals surface area contributed by atoms with Crippen LogP contribution in [0.3, 0.4) is 0 Å². The maximum Gasteiger partial charge on any atom is 0.233 e. The fourth-order valence-corrected chi connectivity index (χ4v) is 2.31. The molecule has 1 aromatic rings. The smallest absolute Gasteiger partial charge is 0.233 e. The van der Waals surface area contributed by atoms with Crippen LogP contribution in [-0.4, -0.2) is 19.6 Å². The number of fused-ring (bicyclic) bond motifs is 1. The van der Waals surface area contributed by atoms with Crippen LogP contribution >= 0.6 is 23.2 Å². The van der Waals surface area contributed by atoms with Crippen LogP contribution in [0.5, 0.6) is 5.75 Å². The lowest BCUT2D eigenvalue weighted by molar-refractivity contribution is -0.122. The summed E-state index contributed by atoms with van der Waals surface area (Å²) in [6.07, 6.45) is 0. The van der Waals surface area contributed by atoms with Crippen LogP contribution in [0.2, 0.25) is 10.0 Å². The van der Waals surface area contributed by atoms with Gasteiger partial charge in [0.15, 0.2) is 0 Å². The fraction of sp³-hybridized carbons (Fsp3) is 0.364. The van der Waals surface area contributed by atoms with E-state index in [1.54, 1.807) is 20.0 Å². The molecule has 0 spiro atoms. The summed E-state index contributed by atoms with van der Waals surface area (Å²) < 4.78 is 5.53. The van der Waals surface area contributed by atoms with Crippen molar-refractivity contribution in [1.82, 2.24) is 0 Å². The molecule has 0 fully saturated rings. The van der Waals surface area contributed by atoms with E-state index in [1.165, 1.54) is 4.90 Å². The summed E-state index contributed by atoms with van der Waals surface area (Å²) in [5.74, 6) is 0.185. The number of benzene rings is 1. The van der Waals surface area contributed by atoms with E-state index >= 15 is 0 Å². The number of hydrogen-bond donors (Lipinski definition) is 1. The monoisotopic (exact) mass is 274 g/mol. The number of amides is 1. The number of nitrogen functional groups attached to an aromatic ring is 1. The van der Waals surface area contributed by atoms with Gasteiger partial charge in [0.05, 0.1) is 28.3 Å². The van der Waals surface area contributed by atoms with E-state index in [2.05, 4.69) is 0 Å². The summed E-state index contributed by atoms with van der Waals surface area (Å²) in [7, 11) is 1.64. The maximum absolute atomic E-state index is 12.0. The van der Waals surface area contributed by atoms with Crippen molar-refractivity contribution < 1.29 is 9.53 Å². The summed E-state index contributed by atoms with van der Waals surface area (Å²) in [4.78, 5) is 13.4. The Morgan fingerprint density at radius 3 is 2.82 bits per heavy atom. The summed E-state index contributed by atoms with van der Waals surface area (Å²) in [6, 6.07) is 1.58. The first-order chi connectivity index (χ1) is 7.93. The van der Waals surface area contributed by atoms with Crippen LogP contribution in [0, 0.1) is 5.92 Å². The Hall–Kier alpha value is -1.13. The second-order valence-corrected chi connectivity index (χ2v) is 4.83. The molecule has 0 saturated heterocycles. The number of ether oxygens (including phenoxy) is 1. The molecule has 2 rings (SSSR count). The zero-order valence-electron chi connectivity index (χ0n) is 9.46. The van der Waals surface area contributed by atoms with E-state index in [0.717, 1.165) is 0 Å². The molecule has 1 aromatic carbocycles. The highest BCUT2D eigenvalue weighted by atomic mass is 35.5. The van der Waals surface area contributed by atoms with Crippen molar-refractivity contribution in [2.75, 3.05) is 24.3 Å². The molecule has 0 aromatic heterocycles. The van der Waals surface area contributed by atoms with Crippen molar-refractivity contribution in [3.8, 4) is 5.75 Å². The van der Waals surface area contributed by atoms with E-state index in [0.29, 0.717) is 23.1 Å². The Balaban J connectivity index is 2.64. The first-order valence-electron chi connectivity index (χ1n) is 5.11. The molecule has 1 aliphatic rings. The second kappa shape index (κ2) is 4.27.